The molecule has 1 saturated carbocycles. The number of rotatable bonds is 7. The predicted octanol–water partition coefficient (Wildman–Crippen LogP) is 3.20. The maximum atomic E-state index is 12.6. The van der Waals surface area contributed by atoms with E-state index in [0.29, 0.717) is 36.6 Å². The molecule has 0 radical (unpaired) electrons. The molecule has 0 atom stereocenters. The minimum absolute atomic E-state index is 0.0279. The average molecular weight is 368 g/mol. The molecular weight excluding hydrogens is 348 g/mol. The van der Waals surface area contributed by atoms with Gasteiger partial charge in [-0.15, -0.1) is 16.8 Å². The number of Topliss-reactive ketones (excluding diaryl/α,β-unsaturated/α-hetero) is 1. The second-order valence-corrected chi connectivity index (χ2v) is 7.59. The second kappa shape index (κ2) is 7.07. The number of carbonyl (C=O) groups is 2. The van der Waals surface area contributed by atoms with E-state index in [2.05, 4.69) is 26.7 Å². The highest BCUT2D eigenvalue weighted by molar-refractivity contribution is 7.99. The van der Waals surface area contributed by atoms with Crippen molar-refractivity contribution >= 4 is 29.1 Å². The number of anilines is 1. The molecule has 1 N–H and O–H groups in total. The maximum Gasteiger partial charge on any atom is 0.224 e. The molecule has 2 aliphatic rings. The topological polar surface area (TPSA) is 76.9 Å². The number of nitrogens with zero attached hydrogens (tertiary/aromatic N) is 3. The molecule has 134 valence electrons. The zero-order chi connectivity index (χ0) is 18.1. The van der Waals surface area contributed by atoms with Crippen LogP contribution in [0, 0.1) is 0 Å². The lowest BCUT2D eigenvalue weighted by molar-refractivity contribution is -0.116. The summed E-state index contributed by atoms with van der Waals surface area (Å²) in [6, 6.07) is 5.48. The number of allylic oxidation sites excluding steroid dienone is 1. The number of hydrogen-bond donors (Lipinski definition) is 1. The van der Waals surface area contributed by atoms with Gasteiger partial charge in [-0.3, -0.25) is 9.59 Å². The van der Waals surface area contributed by atoms with E-state index < -0.39 is 0 Å². The van der Waals surface area contributed by atoms with E-state index in [-0.39, 0.29) is 11.7 Å². The Bertz CT molecular complexity index is 886. The molecular formula is C19H20N4O2S. The number of amides is 1. The quantitative estimate of drug-likeness (QED) is 0.461. The van der Waals surface area contributed by atoms with Crippen LogP contribution < -0.4 is 5.32 Å². The molecule has 2 aromatic rings. The number of aryl methyl sites for hydroxylation is 1. The second-order valence-electron chi connectivity index (χ2n) is 6.65. The van der Waals surface area contributed by atoms with E-state index >= 15 is 0 Å². The van der Waals surface area contributed by atoms with Gasteiger partial charge in [0.15, 0.2) is 10.9 Å². The summed E-state index contributed by atoms with van der Waals surface area (Å²) in [6.07, 6.45) is 5.29. The number of aromatic nitrogens is 3. The molecule has 6 nitrogen and oxygen atoms in total. The van der Waals surface area contributed by atoms with Crippen LogP contribution in [-0.2, 0) is 17.8 Å². The fourth-order valence-corrected chi connectivity index (χ4v) is 3.97. The van der Waals surface area contributed by atoms with E-state index in [1.54, 1.807) is 6.07 Å². The Morgan fingerprint density at radius 3 is 2.96 bits per heavy atom. The fourth-order valence-electron chi connectivity index (χ4n) is 3.12. The Labute approximate surface area is 156 Å². The summed E-state index contributed by atoms with van der Waals surface area (Å²) in [4.78, 5) is 24.0. The fraction of sp³-hybridized carbons (Fsp3) is 0.368. The largest absolute Gasteiger partial charge is 0.326 e. The molecule has 0 unspecified atom stereocenters. The normalized spacial score (nSPS) is 16.1. The number of nitrogens with one attached hydrogen (secondary N) is 1. The van der Waals surface area contributed by atoms with Gasteiger partial charge in [-0.1, -0.05) is 17.8 Å². The first kappa shape index (κ1) is 17.0. The molecule has 0 saturated heterocycles. The van der Waals surface area contributed by atoms with Crippen molar-refractivity contribution in [3.63, 3.8) is 0 Å². The third-order valence-corrected chi connectivity index (χ3v) is 5.62. The maximum absolute atomic E-state index is 12.6. The molecule has 0 bridgehead atoms. The van der Waals surface area contributed by atoms with E-state index in [1.165, 1.54) is 11.8 Å². The lowest BCUT2D eigenvalue weighted by atomic mass is 9.99. The van der Waals surface area contributed by atoms with E-state index in [9.17, 15) is 9.59 Å². The van der Waals surface area contributed by atoms with E-state index in [1.807, 2.05) is 18.2 Å². The first-order chi connectivity index (χ1) is 12.7. The number of thioether (sulfide) groups is 1. The molecule has 26 heavy (non-hydrogen) atoms. The highest BCUT2D eigenvalue weighted by atomic mass is 32.2. The lowest BCUT2D eigenvalue weighted by Crippen LogP contribution is -2.19. The van der Waals surface area contributed by atoms with E-state index in [4.69, 9.17) is 0 Å². The molecule has 1 aliphatic carbocycles. The molecule has 1 fully saturated rings. The summed E-state index contributed by atoms with van der Waals surface area (Å²) in [7, 11) is 0. The number of hydrogen-bond acceptors (Lipinski definition) is 5. The van der Waals surface area contributed by atoms with Gasteiger partial charge >= 0.3 is 0 Å². The highest BCUT2D eigenvalue weighted by Gasteiger charge is 2.30. The Morgan fingerprint density at radius 1 is 1.35 bits per heavy atom. The minimum Gasteiger partial charge on any atom is -0.326 e. The molecule has 1 aromatic heterocycles. The Hall–Kier alpha value is -2.41. The van der Waals surface area contributed by atoms with Crippen molar-refractivity contribution in [3.8, 4) is 0 Å². The molecule has 0 spiro atoms. The van der Waals surface area contributed by atoms with E-state index in [0.717, 1.165) is 35.1 Å². The first-order valence-electron chi connectivity index (χ1n) is 8.78. The smallest absolute Gasteiger partial charge is 0.224 e. The van der Waals surface area contributed by atoms with Gasteiger partial charge < -0.3 is 9.88 Å². The lowest BCUT2D eigenvalue weighted by Gasteiger charge is -2.17. The van der Waals surface area contributed by atoms with Crippen molar-refractivity contribution in [3.05, 3.63) is 47.8 Å². The Morgan fingerprint density at radius 2 is 2.19 bits per heavy atom. The third kappa shape index (κ3) is 3.44. The van der Waals surface area contributed by atoms with Crippen LogP contribution in [0.5, 0.6) is 0 Å². The summed E-state index contributed by atoms with van der Waals surface area (Å²) in [5.74, 6) is 1.90. The van der Waals surface area contributed by atoms with Crippen molar-refractivity contribution < 1.29 is 9.59 Å². The number of benzene rings is 1. The SMILES string of the molecule is C=CCn1c(SCC(=O)c2ccc3c(c2)CCC(=O)N3)nnc1C1CC1. The molecule has 1 aliphatic heterocycles. The monoisotopic (exact) mass is 368 g/mol. The Balaban J connectivity index is 1.46. The van der Waals surface area contributed by atoms with Crippen molar-refractivity contribution in [2.24, 2.45) is 0 Å². The minimum atomic E-state index is 0.0279. The van der Waals surface area contributed by atoms with Gasteiger partial charge in [0.1, 0.15) is 5.82 Å². The zero-order valence-electron chi connectivity index (χ0n) is 14.4. The van der Waals surface area contributed by atoms with Crippen molar-refractivity contribution in [2.75, 3.05) is 11.1 Å². The van der Waals surface area contributed by atoms with Crippen LogP contribution in [0.2, 0.25) is 0 Å². The van der Waals surface area contributed by atoms with Gasteiger partial charge in [0.05, 0.1) is 5.75 Å². The average Bonchev–Trinajstić information content (AvgIpc) is 3.41. The van der Waals surface area contributed by atoms with Gasteiger partial charge in [0, 0.05) is 30.1 Å². The molecule has 2 heterocycles. The summed E-state index contributed by atoms with van der Waals surface area (Å²) in [5.41, 5.74) is 2.50. The van der Waals surface area contributed by atoms with Gasteiger partial charge in [-0.05, 0) is 43.0 Å². The molecule has 1 amide bonds. The van der Waals surface area contributed by atoms with Crippen LogP contribution in [0.25, 0.3) is 0 Å². The molecule has 1 aromatic carbocycles. The summed E-state index contributed by atoms with van der Waals surface area (Å²) in [5, 5.41) is 12.2. The molecule has 7 heteroatoms. The summed E-state index contributed by atoms with van der Waals surface area (Å²) in [6.45, 7) is 4.46. The first-order valence-corrected chi connectivity index (χ1v) is 9.77. The van der Waals surface area contributed by atoms with Crippen LogP contribution in [0.1, 0.15) is 46.9 Å². The van der Waals surface area contributed by atoms with Crippen LogP contribution in [-0.4, -0.2) is 32.2 Å². The standard InChI is InChI=1S/C19H20N4O2S/c1-2-9-23-18(12-3-4-12)21-22-19(23)26-11-16(24)14-5-7-15-13(10-14)6-8-17(25)20-15/h2,5,7,10,12H,1,3-4,6,8-9,11H2,(H,20,25). The molecule has 4 rings (SSSR count). The van der Waals surface area contributed by atoms with Crippen LogP contribution in [0.4, 0.5) is 5.69 Å². The summed E-state index contributed by atoms with van der Waals surface area (Å²) >= 11 is 1.42. The number of fused-ring (bicyclic) bond motifs is 1. The van der Waals surface area contributed by atoms with Gasteiger partial charge in [-0.25, -0.2) is 0 Å². The van der Waals surface area contributed by atoms with Gasteiger partial charge in [0.2, 0.25) is 5.91 Å². The third-order valence-electron chi connectivity index (χ3n) is 4.65. The van der Waals surface area contributed by atoms with Crippen LogP contribution in [0.3, 0.4) is 0 Å². The van der Waals surface area contributed by atoms with Crippen LogP contribution >= 0.6 is 11.8 Å². The van der Waals surface area contributed by atoms with Crippen molar-refractivity contribution in [2.45, 2.75) is 43.3 Å². The number of ketones is 1. The Kier molecular flexibility index (Phi) is 4.63. The number of carbonyl (C=O) groups excluding carboxylic acids is 2. The van der Waals surface area contributed by atoms with Crippen molar-refractivity contribution in [1.82, 2.24) is 14.8 Å². The summed E-state index contributed by atoms with van der Waals surface area (Å²) < 4.78 is 2.06. The van der Waals surface area contributed by atoms with Gasteiger partial charge in [0.25, 0.3) is 0 Å². The zero-order valence-corrected chi connectivity index (χ0v) is 15.2. The predicted molar refractivity (Wildman–Crippen MR) is 101 cm³/mol. The van der Waals surface area contributed by atoms with Gasteiger partial charge in [-0.2, -0.15) is 0 Å². The van der Waals surface area contributed by atoms with Crippen LogP contribution in [0.15, 0.2) is 36.0 Å². The van der Waals surface area contributed by atoms with Crippen molar-refractivity contribution in [1.29, 1.82) is 0 Å². The highest BCUT2D eigenvalue weighted by Crippen LogP contribution is 2.40.